The van der Waals surface area contributed by atoms with Crippen molar-refractivity contribution in [1.29, 1.82) is 0 Å². The Morgan fingerprint density at radius 1 is 1.25 bits per heavy atom. The Morgan fingerprint density at radius 2 is 1.81 bits per heavy atom. The Morgan fingerprint density at radius 3 is 2.31 bits per heavy atom. The van der Waals surface area contributed by atoms with Crippen molar-refractivity contribution in [2.45, 2.75) is 25.3 Å². The average Bonchev–Trinajstić information content (AvgIpc) is 2.96. The van der Waals surface area contributed by atoms with E-state index in [4.69, 9.17) is 5.11 Å². The van der Waals surface area contributed by atoms with Gasteiger partial charge in [-0.15, -0.1) is 0 Å². The summed E-state index contributed by atoms with van der Waals surface area (Å²) in [6.45, 7) is 1.95. The van der Waals surface area contributed by atoms with E-state index in [1.165, 1.54) is 12.1 Å². The van der Waals surface area contributed by atoms with Crippen molar-refractivity contribution in [1.82, 2.24) is 5.32 Å². The van der Waals surface area contributed by atoms with Gasteiger partial charge < -0.3 is 10.4 Å². The van der Waals surface area contributed by atoms with Crippen LogP contribution in [0, 0.1) is 0 Å². The summed E-state index contributed by atoms with van der Waals surface area (Å²) in [6, 6.07) is 6.24. The molecule has 1 aliphatic carbocycles. The van der Waals surface area contributed by atoms with Crippen LogP contribution in [0.1, 0.15) is 40.5 Å². The second-order valence-electron chi connectivity index (χ2n) is 4.37. The highest BCUT2D eigenvalue weighted by atomic mass is 16.4. The van der Waals surface area contributed by atoms with Crippen LogP contribution in [0.2, 0.25) is 0 Å². The molecule has 4 nitrogen and oxygen atoms in total. The largest absolute Gasteiger partial charge is 0.478 e. The third kappa shape index (κ3) is 2.05. The van der Waals surface area contributed by atoms with Crippen LogP contribution in [-0.2, 0) is 0 Å². The number of amides is 1. The van der Waals surface area contributed by atoms with E-state index in [9.17, 15) is 9.59 Å². The molecule has 4 heteroatoms. The maximum Gasteiger partial charge on any atom is 0.336 e. The van der Waals surface area contributed by atoms with Gasteiger partial charge in [0.2, 0.25) is 0 Å². The van der Waals surface area contributed by atoms with E-state index in [1.807, 2.05) is 6.92 Å². The number of hydrogen-bond acceptors (Lipinski definition) is 2. The zero-order valence-corrected chi connectivity index (χ0v) is 8.99. The first-order chi connectivity index (χ1) is 7.52. The smallest absolute Gasteiger partial charge is 0.336 e. The van der Waals surface area contributed by atoms with Gasteiger partial charge in [-0.2, -0.15) is 0 Å². The Hall–Kier alpha value is -1.84. The summed E-state index contributed by atoms with van der Waals surface area (Å²) in [5, 5.41) is 11.8. The third-order valence-electron chi connectivity index (χ3n) is 2.82. The quantitative estimate of drug-likeness (QED) is 0.812. The molecule has 2 rings (SSSR count). The van der Waals surface area contributed by atoms with Crippen LogP contribution in [0.15, 0.2) is 24.3 Å². The van der Waals surface area contributed by atoms with Crippen LogP contribution in [0.5, 0.6) is 0 Å². The third-order valence-corrected chi connectivity index (χ3v) is 2.82. The molecule has 16 heavy (non-hydrogen) atoms. The second-order valence-corrected chi connectivity index (χ2v) is 4.37. The fourth-order valence-electron chi connectivity index (χ4n) is 1.52. The van der Waals surface area contributed by atoms with E-state index in [1.54, 1.807) is 12.1 Å². The van der Waals surface area contributed by atoms with Crippen molar-refractivity contribution in [3.63, 3.8) is 0 Å². The fraction of sp³-hybridized carbons (Fsp3) is 0.333. The van der Waals surface area contributed by atoms with Gasteiger partial charge in [-0.1, -0.05) is 12.1 Å². The fourth-order valence-corrected chi connectivity index (χ4v) is 1.52. The summed E-state index contributed by atoms with van der Waals surface area (Å²) in [7, 11) is 0. The Bertz CT molecular complexity index is 449. The van der Waals surface area contributed by atoms with Crippen molar-refractivity contribution >= 4 is 11.9 Å². The number of carbonyl (C=O) groups is 2. The molecule has 0 spiro atoms. The van der Waals surface area contributed by atoms with E-state index < -0.39 is 5.97 Å². The SMILES string of the molecule is CC1(NC(=O)c2ccccc2C(=O)O)CC1. The number of carboxylic acids is 1. The molecule has 1 saturated carbocycles. The molecule has 2 N–H and O–H groups in total. The number of nitrogens with one attached hydrogen (secondary N) is 1. The minimum absolute atomic E-state index is 0.0456. The van der Waals surface area contributed by atoms with Crippen LogP contribution in [0.3, 0.4) is 0 Å². The number of carbonyl (C=O) groups excluding carboxylic acids is 1. The van der Waals surface area contributed by atoms with Crippen molar-refractivity contribution < 1.29 is 14.7 Å². The summed E-state index contributed by atoms with van der Waals surface area (Å²) in [4.78, 5) is 22.8. The highest BCUT2D eigenvalue weighted by Gasteiger charge is 2.39. The first-order valence-corrected chi connectivity index (χ1v) is 5.17. The zero-order chi connectivity index (χ0) is 11.8. The van der Waals surface area contributed by atoms with E-state index in [0.29, 0.717) is 0 Å². The van der Waals surface area contributed by atoms with Crippen LogP contribution in [0.4, 0.5) is 0 Å². The van der Waals surface area contributed by atoms with Gasteiger partial charge >= 0.3 is 5.97 Å². The maximum absolute atomic E-state index is 11.9. The molecule has 1 aromatic rings. The summed E-state index contributed by atoms with van der Waals surface area (Å²) >= 11 is 0. The average molecular weight is 219 g/mol. The number of carboxylic acid groups (broad SMARTS) is 1. The normalized spacial score (nSPS) is 16.6. The number of benzene rings is 1. The van der Waals surface area contributed by atoms with Crippen LogP contribution >= 0.6 is 0 Å². The molecule has 0 aromatic heterocycles. The Balaban J connectivity index is 2.25. The molecule has 0 atom stereocenters. The van der Waals surface area contributed by atoms with Crippen LogP contribution in [0.25, 0.3) is 0 Å². The second kappa shape index (κ2) is 3.63. The molecule has 0 aliphatic heterocycles. The first kappa shape index (κ1) is 10.7. The van der Waals surface area contributed by atoms with Crippen molar-refractivity contribution in [3.05, 3.63) is 35.4 Å². The predicted molar refractivity (Wildman–Crippen MR) is 58.5 cm³/mol. The van der Waals surface area contributed by atoms with Gasteiger partial charge in [0, 0.05) is 5.54 Å². The minimum Gasteiger partial charge on any atom is -0.478 e. The van der Waals surface area contributed by atoms with E-state index in [-0.39, 0.29) is 22.6 Å². The number of aromatic carboxylic acids is 1. The lowest BCUT2D eigenvalue weighted by atomic mass is 10.1. The van der Waals surface area contributed by atoms with Crippen LogP contribution < -0.4 is 5.32 Å². The lowest BCUT2D eigenvalue weighted by molar-refractivity contribution is 0.0690. The highest BCUT2D eigenvalue weighted by Crippen LogP contribution is 2.34. The van der Waals surface area contributed by atoms with E-state index in [2.05, 4.69) is 5.32 Å². The summed E-state index contributed by atoms with van der Waals surface area (Å²) in [5.74, 6) is -1.38. The maximum atomic E-state index is 11.9. The molecular weight excluding hydrogens is 206 g/mol. The van der Waals surface area contributed by atoms with E-state index in [0.717, 1.165) is 12.8 Å². The topological polar surface area (TPSA) is 66.4 Å². The van der Waals surface area contributed by atoms with Gasteiger partial charge in [0.1, 0.15) is 0 Å². The molecule has 84 valence electrons. The molecule has 0 heterocycles. The summed E-state index contributed by atoms with van der Waals surface area (Å²) < 4.78 is 0. The Kier molecular flexibility index (Phi) is 2.42. The minimum atomic E-state index is -1.08. The molecule has 1 amide bonds. The number of rotatable bonds is 3. The standard InChI is InChI=1S/C12H13NO3/c1-12(6-7-12)13-10(14)8-4-2-3-5-9(8)11(15)16/h2-5H,6-7H2,1H3,(H,13,14)(H,15,16). The summed E-state index contributed by atoms with van der Waals surface area (Å²) in [6.07, 6.45) is 1.90. The van der Waals surface area contributed by atoms with Gasteiger partial charge in [-0.3, -0.25) is 4.79 Å². The molecule has 0 unspecified atom stereocenters. The molecule has 0 bridgehead atoms. The van der Waals surface area contributed by atoms with Gasteiger partial charge in [0.05, 0.1) is 11.1 Å². The summed E-state index contributed by atoms with van der Waals surface area (Å²) in [5.41, 5.74) is 0.135. The number of hydrogen-bond donors (Lipinski definition) is 2. The van der Waals surface area contributed by atoms with Crippen molar-refractivity contribution in [2.75, 3.05) is 0 Å². The molecule has 0 radical (unpaired) electrons. The lowest BCUT2D eigenvalue weighted by Gasteiger charge is -2.12. The predicted octanol–water partition coefficient (Wildman–Crippen LogP) is 1.67. The van der Waals surface area contributed by atoms with Crippen molar-refractivity contribution in [2.24, 2.45) is 0 Å². The van der Waals surface area contributed by atoms with Crippen molar-refractivity contribution in [3.8, 4) is 0 Å². The highest BCUT2D eigenvalue weighted by molar-refractivity contribution is 6.05. The molecule has 1 aromatic carbocycles. The molecule has 1 fully saturated rings. The van der Waals surface area contributed by atoms with Gasteiger partial charge in [0.25, 0.3) is 5.91 Å². The lowest BCUT2D eigenvalue weighted by Crippen LogP contribution is -2.35. The zero-order valence-electron chi connectivity index (χ0n) is 8.99. The Labute approximate surface area is 93.3 Å². The first-order valence-electron chi connectivity index (χ1n) is 5.17. The van der Waals surface area contributed by atoms with Gasteiger partial charge in [-0.25, -0.2) is 4.79 Å². The monoisotopic (exact) mass is 219 g/mol. The van der Waals surface area contributed by atoms with Gasteiger partial charge in [-0.05, 0) is 31.9 Å². The van der Waals surface area contributed by atoms with E-state index >= 15 is 0 Å². The molecule has 0 saturated heterocycles. The molecule has 1 aliphatic rings. The van der Waals surface area contributed by atoms with Crippen LogP contribution in [-0.4, -0.2) is 22.5 Å². The molecular formula is C12H13NO3. The van der Waals surface area contributed by atoms with Gasteiger partial charge in [0.15, 0.2) is 0 Å².